The van der Waals surface area contributed by atoms with Crippen LogP contribution in [0.3, 0.4) is 0 Å². The number of imide groups is 1. The summed E-state index contributed by atoms with van der Waals surface area (Å²) in [6, 6.07) is 4.73. The van der Waals surface area contributed by atoms with Crippen LogP contribution in [0.1, 0.15) is 19.4 Å². The van der Waals surface area contributed by atoms with Gasteiger partial charge in [-0.2, -0.15) is 0 Å². The molecule has 108 valence electrons. The molecule has 6 heteroatoms. The van der Waals surface area contributed by atoms with Crippen molar-refractivity contribution in [1.29, 1.82) is 0 Å². The summed E-state index contributed by atoms with van der Waals surface area (Å²) in [5, 5.41) is 5.24. The number of carbonyl (C=O) groups excluding carboxylic acids is 2. The standard InChI is InChI=1S/C14H18FN3O2/c1-14(2)13(20)17-11(19)8-18(14)12-9(7-16-3)5-4-6-10(12)15/h4-6,16H,7-8H2,1-3H3,(H,17,19,20). The lowest BCUT2D eigenvalue weighted by Gasteiger charge is -2.42. The fraction of sp³-hybridized carbons (Fsp3) is 0.429. The lowest BCUT2D eigenvalue weighted by molar-refractivity contribution is -0.135. The summed E-state index contributed by atoms with van der Waals surface area (Å²) in [6.45, 7) is 3.75. The highest BCUT2D eigenvalue weighted by Gasteiger charge is 2.42. The van der Waals surface area contributed by atoms with Gasteiger partial charge in [0, 0.05) is 6.54 Å². The van der Waals surface area contributed by atoms with Gasteiger partial charge in [0.1, 0.15) is 11.4 Å². The predicted molar refractivity (Wildman–Crippen MR) is 73.7 cm³/mol. The van der Waals surface area contributed by atoms with Gasteiger partial charge < -0.3 is 10.2 Å². The van der Waals surface area contributed by atoms with Crippen LogP contribution in [0.4, 0.5) is 10.1 Å². The summed E-state index contributed by atoms with van der Waals surface area (Å²) in [5.74, 6) is -1.28. The maximum absolute atomic E-state index is 14.2. The zero-order chi connectivity index (χ0) is 14.9. The molecule has 2 amide bonds. The lowest BCUT2D eigenvalue weighted by atomic mass is 9.96. The van der Waals surface area contributed by atoms with E-state index in [0.29, 0.717) is 17.8 Å². The van der Waals surface area contributed by atoms with Crippen LogP contribution in [0.5, 0.6) is 0 Å². The normalized spacial score (nSPS) is 18.1. The Bertz CT molecular complexity index is 557. The Morgan fingerprint density at radius 1 is 1.40 bits per heavy atom. The number of piperazine rings is 1. The van der Waals surface area contributed by atoms with Gasteiger partial charge in [-0.15, -0.1) is 0 Å². The number of rotatable bonds is 3. The molecule has 1 fully saturated rings. The molecule has 0 aromatic heterocycles. The van der Waals surface area contributed by atoms with Gasteiger partial charge in [0.15, 0.2) is 0 Å². The molecule has 0 radical (unpaired) electrons. The molecule has 1 heterocycles. The largest absolute Gasteiger partial charge is 0.345 e. The average Bonchev–Trinajstić information content (AvgIpc) is 2.36. The topological polar surface area (TPSA) is 61.4 Å². The first-order valence-corrected chi connectivity index (χ1v) is 6.42. The number of carbonyl (C=O) groups is 2. The molecule has 2 N–H and O–H groups in total. The van der Waals surface area contributed by atoms with Crippen LogP contribution in [-0.4, -0.2) is 30.9 Å². The highest BCUT2D eigenvalue weighted by molar-refractivity contribution is 6.06. The molecule has 1 aromatic rings. The van der Waals surface area contributed by atoms with Gasteiger partial charge in [-0.05, 0) is 32.5 Å². The van der Waals surface area contributed by atoms with Crippen molar-refractivity contribution in [3.05, 3.63) is 29.6 Å². The van der Waals surface area contributed by atoms with Gasteiger partial charge in [-0.25, -0.2) is 4.39 Å². The van der Waals surface area contributed by atoms with Crippen LogP contribution in [0, 0.1) is 5.82 Å². The van der Waals surface area contributed by atoms with Crippen molar-refractivity contribution in [3.63, 3.8) is 0 Å². The first kappa shape index (κ1) is 14.5. The van der Waals surface area contributed by atoms with E-state index >= 15 is 0 Å². The van der Waals surface area contributed by atoms with Crippen molar-refractivity contribution in [3.8, 4) is 0 Å². The van der Waals surface area contributed by atoms with Gasteiger partial charge in [0.2, 0.25) is 5.91 Å². The molecular weight excluding hydrogens is 261 g/mol. The second-order valence-electron chi connectivity index (χ2n) is 5.30. The van der Waals surface area contributed by atoms with Gasteiger partial charge in [-0.3, -0.25) is 14.9 Å². The Balaban J connectivity index is 2.53. The maximum Gasteiger partial charge on any atom is 0.251 e. The Hall–Kier alpha value is -1.95. The van der Waals surface area contributed by atoms with Gasteiger partial charge in [-0.1, -0.05) is 12.1 Å². The molecule has 20 heavy (non-hydrogen) atoms. The highest BCUT2D eigenvalue weighted by atomic mass is 19.1. The van der Waals surface area contributed by atoms with E-state index in [-0.39, 0.29) is 6.54 Å². The molecule has 1 aromatic carbocycles. The summed E-state index contributed by atoms with van der Waals surface area (Å²) in [6.07, 6.45) is 0. The Labute approximate surface area is 117 Å². The predicted octanol–water partition coefficient (Wildman–Crippen LogP) is 0.786. The van der Waals surface area contributed by atoms with Crippen molar-refractivity contribution in [1.82, 2.24) is 10.6 Å². The van der Waals surface area contributed by atoms with Crippen molar-refractivity contribution >= 4 is 17.5 Å². The Morgan fingerprint density at radius 3 is 2.75 bits per heavy atom. The van der Waals surface area contributed by atoms with E-state index in [9.17, 15) is 14.0 Å². The molecule has 0 aliphatic carbocycles. The minimum Gasteiger partial charge on any atom is -0.345 e. The van der Waals surface area contributed by atoms with E-state index in [1.807, 2.05) is 0 Å². The lowest BCUT2D eigenvalue weighted by Crippen LogP contribution is -2.64. The molecule has 1 saturated heterocycles. The van der Waals surface area contributed by atoms with E-state index < -0.39 is 23.2 Å². The second kappa shape index (κ2) is 5.20. The quantitative estimate of drug-likeness (QED) is 0.803. The molecule has 2 rings (SSSR count). The van der Waals surface area contributed by atoms with Crippen LogP contribution in [0.25, 0.3) is 0 Å². The number of anilines is 1. The zero-order valence-corrected chi connectivity index (χ0v) is 11.8. The minimum absolute atomic E-state index is 0.0453. The van der Waals surface area contributed by atoms with Crippen molar-refractivity contribution in [2.45, 2.75) is 25.9 Å². The van der Waals surface area contributed by atoms with E-state index in [0.717, 1.165) is 0 Å². The zero-order valence-electron chi connectivity index (χ0n) is 11.8. The average molecular weight is 279 g/mol. The molecular formula is C14H18FN3O2. The van der Waals surface area contributed by atoms with E-state index in [1.54, 1.807) is 33.0 Å². The van der Waals surface area contributed by atoms with Crippen LogP contribution >= 0.6 is 0 Å². The van der Waals surface area contributed by atoms with Crippen molar-refractivity contribution in [2.75, 3.05) is 18.5 Å². The number of para-hydroxylation sites is 1. The third kappa shape index (κ3) is 2.38. The first-order valence-electron chi connectivity index (χ1n) is 6.42. The van der Waals surface area contributed by atoms with Crippen LogP contribution < -0.4 is 15.5 Å². The third-order valence-electron chi connectivity index (χ3n) is 3.49. The second-order valence-corrected chi connectivity index (χ2v) is 5.30. The number of hydrogen-bond donors (Lipinski definition) is 2. The molecule has 5 nitrogen and oxygen atoms in total. The number of halogens is 1. The summed E-state index contributed by atoms with van der Waals surface area (Å²) in [7, 11) is 1.76. The maximum atomic E-state index is 14.2. The number of hydrogen-bond acceptors (Lipinski definition) is 4. The van der Waals surface area contributed by atoms with Gasteiger partial charge in [0.05, 0.1) is 12.2 Å². The van der Waals surface area contributed by atoms with Crippen molar-refractivity contribution in [2.24, 2.45) is 0 Å². The summed E-state index contributed by atoms with van der Waals surface area (Å²) >= 11 is 0. The van der Waals surface area contributed by atoms with Crippen molar-refractivity contribution < 1.29 is 14.0 Å². The Morgan fingerprint density at radius 2 is 2.10 bits per heavy atom. The number of nitrogens with one attached hydrogen (secondary N) is 2. The molecule has 1 aliphatic rings. The Kier molecular flexibility index (Phi) is 3.76. The first-order chi connectivity index (χ1) is 9.37. The molecule has 0 unspecified atom stereocenters. The SMILES string of the molecule is CNCc1cccc(F)c1N1CC(=O)NC(=O)C1(C)C. The van der Waals surface area contributed by atoms with E-state index in [1.165, 1.54) is 11.0 Å². The molecule has 0 atom stereocenters. The minimum atomic E-state index is -0.988. The summed E-state index contributed by atoms with van der Waals surface area (Å²) in [5.41, 5.74) is 0.0246. The molecule has 0 spiro atoms. The third-order valence-corrected chi connectivity index (χ3v) is 3.49. The highest BCUT2D eigenvalue weighted by Crippen LogP contribution is 2.32. The summed E-state index contributed by atoms with van der Waals surface area (Å²) < 4.78 is 14.2. The summed E-state index contributed by atoms with van der Waals surface area (Å²) in [4.78, 5) is 25.1. The fourth-order valence-corrected chi connectivity index (χ4v) is 2.34. The van der Waals surface area contributed by atoms with Crippen LogP contribution in [0.15, 0.2) is 18.2 Å². The van der Waals surface area contributed by atoms with E-state index in [4.69, 9.17) is 0 Å². The van der Waals surface area contributed by atoms with Crippen LogP contribution in [-0.2, 0) is 16.1 Å². The van der Waals surface area contributed by atoms with Gasteiger partial charge >= 0.3 is 0 Å². The number of nitrogens with zero attached hydrogens (tertiary/aromatic N) is 1. The number of amides is 2. The fourth-order valence-electron chi connectivity index (χ4n) is 2.34. The number of benzene rings is 1. The smallest absolute Gasteiger partial charge is 0.251 e. The molecule has 0 saturated carbocycles. The monoisotopic (exact) mass is 279 g/mol. The van der Waals surface area contributed by atoms with E-state index in [2.05, 4.69) is 10.6 Å². The molecule has 0 bridgehead atoms. The van der Waals surface area contributed by atoms with Crippen LogP contribution in [0.2, 0.25) is 0 Å². The van der Waals surface area contributed by atoms with Gasteiger partial charge in [0.25, 0.3) is 5.91 Å². The molecule has 1 aliphatic heterocycles.